The molecule has 0 heterocycles. The van der Waals surface area contributed by atoms with Gasteiger partial charge in [0, 0.05) is 18.6 Å². The lowest BCUT2D eigenvalue weighted by Gasteiger charge is -2.24. The number of benzene rings is 4. The van der Waals surface area contributed by atoms with Crippen LogP contribution in [0.4, 0.5) is 0 Å². The minimum Gasteiger partial charge on any atom is -0.352 e. The van der Waals surface area contributed by atoms with E-state index < -0.39 is 6.29 Å². The summed E-state index contributed by atoms with van der Waals surface area (Å²) in [4.78, 5) is 0. The lowest BCUT2D eigenvalue weighted by atomic mass is 9.86. The van der Waals surface area contributed by atoms with Crippen molar-refractivity contribution in [3.8, 4) is 11.1 Å². The van der Waals surface area contributed by atoms with Crippen molar-refractivity contribution < 1.29 is 9.47 Å². The maximum absolute atomic E-state index is 6.22. The van der Waals surface area contributed by atoms with Gasteiger partial charge in [0.05, 0.1) is 6.61 Å². The lowest BCUT2D eigenvalue weighted by molar-refractivity contribution is -0.136. The molecule has 0 saturated heterocycles. The molecule has 0 radical (unpaired) electrons. The van der Waals surface area contributed by atoms with E-state index >= 15 is 0 Å². The molecule has 0 aliphatic heterocycles. The van der Waals surface area contributed by atoms with Crippen LogP contribution in [0.1, 0.15) is 40.0 Å². The van der Waals surface area contributed by atoms with Crippen LogP contribution in [-0.4, -0.2) is 7.11 Å². The van der Waals surface area contributed by atoms with Gasteiger partial charge >= 0.3 is 0 Å². The summed E-state index contributed by atoms with van der Waals surface area (Å²) in [6.45, 7) is 0.505. The molecule has 1 unspecified atom stereocenters. The Kier molecular flexibility index (Phi) is 5.18. The van der Waals surface area contributed by atoms with Gasteiger partial charge in [-0.1, -0.05) is 103 Å². The molecule has 5 rings (SSSR count). The second-order valence-electron chi connectivity index (χ2n) is 7.60. The Morgan fingerprint density at radius 2 is 1.17 bits per heavy atom. The maximum Gasteiger partial charge on any atom is 0.184 e. The average molecular weight is 392 g/mol. The van der Waals surface area contributed by atoms with E-state index in [1.165, 1.54) is 27.8 Å². The molecule has 4 aromatic carbocycles. The van der Waals surface area contributed by atoms with Gasteiger partial charge in [0.25, 0.3) is 0 Å². The highest BCUT2D eigenvalue weighted by Gasteiger charge is 2.32. The lowest BCUT2D eigenvalue weighted by Crippen LogP contribution is -2.12. The van der Waals surface area contributed by atoms with Crippen LogP contribution in [0.15, 0.2) is 103 Å². The number of fused-ring (bicyclic) bond motifs is 3. The molecule has 4 aromatic rings. The minimum absolute atomic E-state index is 0.173. The zero-order valence-electron chi connectivity index (χ0n) is 17.0. The smallest absolute Gasteiger partial charge is 0.184 e. The predicted molar refractivity (Wildman–Crippen MR) is 120 cm³/mol. The number of rotatable bonds is 6. The van der Waals surface area contributed by atoms with Crippen LogP contribution in [-0.2, 0) is 16.1 Å². The minimum atomic E-state index is -0.429. The highest BCUT2D eigenvalue weighted by Crippen LogP contribution is 2.49. The third kappa shape index (κ3) is 3.35. The Bertz CT molecular complexity index is 1100. The number of ether oxygens (including phenoxy) is 2. The van der Waals surface area contributed by atoms with Gasteiger partial charge in [-0.2, -0.15) is 0 Å². The van der Waals surface area contributed by atoms with Crippen molar-refractivity contribution >= 4 is 0 Å². The maximum atomic E-state index is 6.22. The summed E-state index contributed by atoms with van der Waals surface area (Å²) in [6.07, 6.45) is -0.429. The summed E-state index contributed by atoms with van der Waals surface area (Å²) in [5.41, 5.74) is 8.74. The predicted octanol–water partition coefficient (Wildman–Crippen LogP) is 6.71. The van der Waals surface area contributed by atoms with Gasteiger partial charge in [0.1, 0.15) is 0 Å². The molecule has 148 valence electrons. The fourth-order valence-electron chi connectivity index (χ4n) is 4.51. The number of hydrogen-bond donors (Lipinski definition) is 0. The second-order valence-corrected chi connectivity index (χ2v) is 7.60. The molecule has 0 fully saturated rings. The highest BCUT2D eigenvalue weighted by molar-refractivity contribution is 5.80. The summed E-state index contributed by atoms with van der Waals surface area (Å²) in [5, 5.41) is 0. The van der Waals surface area contributed by atoms with E-state index in [0.29, 0.717) is 6.61 Å². The van der Waals surface area contributed by atoms with Gasteiger partial charge in [-0.3, -0.25) is 0 Å². The highest BCUT2D eigenvalue weighted by atomic mass is 16.7. The summed E-state index contributed by atoms with van der Waals surface area (Å²) < 4.78 is 12.0. The van der Waals surface area contributed by atoms with E-state index in [2.05, 4.69) is 84.9 Å². The second kappa shape index (κ2) is 8.27. The van der Waals surface area contributed by atoms with E-state index in [1.807, 2.05) is 18.2 Å². The van der Waals surface area contributed by atoms with E-state index in [9.17, 15) is 0 Å². The fourth-order valence-corrected chi connectivity index (χ4v) is 4.51. The molecule has 1 aliphatic carbocycles. The first-order valence-electron chi connectivity index (χ1n) is 10.3. The molecule has 1 aliphatic rings. The summed E-state index contributed by atoms with van der Waals surface area (Å²) >= 11 is 0. The fraction of sp³-hybridized carbons (Fsp3) is 0.143. The van der Waals surface area contributed by atoms with Crippen LogP contribution in [0.5, 0.6) is 0 Å². The monoisotopic (exact) mass is 392 g/mol. The molecule has 0 saturated carbocycles. The molecule has 2 heteroatoms. The van der Waals surface area contributed by atoms with Crippen molar-refractivity contribution in [1.82, 2.24) is 0 Å². The standard InChI is InChI=1S/C28H24O2/c1-29-28(30-19-20-11-3-2-4-12-20)26-18-10-9-17-25(26)27-23-15-7-5-13-21(23)22-14-6-8-16-24(22)27/h2-18,27-28H,19H2,1H3. The Morgan fingerprint density at radius 1 is 0.633 bits per heavy atom. The first kappa shape index (κ1) is 18.8. The average Bonchev–Trinajstić information content (AvgIpc) is 3.15. The third-order valence-electron chi connectivity index (χ3n) is 5.85. The molecule has 0 amide bonds. The number of hydrogen-bond acceptors (Lipinski definition) is 2. The molecule has 0 bridgehead atoms. The van der Waals surface area contributed by atoms with Crippen molar-refractivity contribution in [2.24, 2.45) is 0 Å². The van der Waals surface area contributed by atoms with Crippen LogP contribution in [0, 0.1) is 0 Å². The van der Waals surface area contributed by atoms with Gasteiger partial charge in [0.15, 0.2) is 6.29 Å². The van der Waals surface area contributed by atoms with Crippen molar-refractivity contribution in [1.29, 1.82) is 0 Å². The molecule has 2 nitrogen and oxygen atoms in total. The van der Waals surface area contributed by atoms with E-state index in [1.54, 1.807) is 7.11 Å². The summed E-state index contributed by atoms with van der Waals surface area (Å²) in [7, 11) is 1.71. The molecule has 30 heavy (non-hydrogen) atoms. The van der Waals surface area contributed by atoms with E-state index in [-0.39, 0.29) is 5.92 Å². The summed E-state index contributed by atoms with van der Waals surface area (Å²) in [6, 6.07) is 36.1. The van der Waals surface area contributed by atoms with E-state index in [0.717, 1.165) is 11.1 Å². The first-order chi connectivity index (χ1) is 14.9. The first-order valence-corrected chi connectivity index (χ1v) is 10.3. The topological polar surface area (TPSA) is 18.5 Å². The van der Waals surface area contributed by atoms with Crippen LogP contribution in [0.2, 0.25) is 0 Å². The van der Waals surface area contributed by atoms with Gasteiger partial charge in [-0.25, -0.2) is 0 Å². The normalized spacial score (nSPS) is 13.6. The van der Waals surface area contributed by atoms with Crippen molar-refractivity contribution in [2.75, 3.05) is 7.11 Å². The Hall–Kier alpha value is -3.20. The molecular formula is C28H24O2. The van der Waals surface area contributed by atoms with Gasteiger partial charge in [0.2, 0.25) is 0 Å². The van der Waals surface area contributed by atoms with Crippen molar-refractivity contribution in [2.45, 2.75) is 18.8 Å². The van der Waals surface area contributed by atoms with Gasteiger partial charge < -0.3 is 9.47 Å². The molecule has 1 atom stereocenters. The SMILES string of the molecule is COC(OCc1ccccc1)c1ccccc1C1c2ccccc2-c2ccccc21. The van der Waals surface area contributed by atoms with Crippen LogP contribution in [0.25, 0.3) is 11.1 Å². The Morgan fingerprint density at radius 3 is 1.80 bits per heavy atom. The quantitative estimate of drug-likeness (QED) is 0.299. The van der Waals surface area contributed by atoms with E-state index in [4.69, 9.17) is 9.47 Å². The van der Waals surface area contributed by atoms with Crippen molar-refractivity contribution in [3.05, 3.63) is 131 Å². The van der Waals surface area contributed by atoms with Crippen molar-refractivity contribution in [3.63, 3.8) is 0 Å². The summed E-state index contributed by atoms with van der Waals surface area (Å²) in [5.74, 6) is 0.173. The number of methoxy groups -OCH3 is 1. The van der Waals surface area contributed by atoms with Gasteiger partial charge in [-0.05, 0) is 33.4 Å². The zero-order valence-corrected chi connectivity index (χ0v) is 17.0. The third-order valence-corrected chi connectivity index (χ3v) is 5.85. The Labute approximate surface area is 177 Å². The van der Waals surface area contributed by atoms with Crippen LogP contribution >= 0.6 is 0 Å². The molecular weight excluding hydrogens is 368 g/mol. The molecule has 0 N–H and O–H groups in total. The molecule has 0 aromatic heterocycles. The van der Waals surface area contributed by atoms with Gasteiger partial charge in [-0.15, -0.1) is 0 Å². The zero-order chi connectivity index (χ0) is 20.3. The Balaban J connectivity index is 1.55. The van der Waals surface area contributed by atoms with Crippen LogP contribution in [0.3, 0.4) is 0 Å². The largest absolute Gasteiger partial charge is 0.352 e. The molecule has 0 spiro atoms. The van der Waals surface area contributed by atoms with Crippen LogP contribution < -0.4 is 0 Å².